The molecule has 1 aromatic carbocycles. The van der Waals surface area contributed by atoms with Gasteiger partial charge in [-0.1, -0.05) is 12.1 Å². The number of nitrogens with two attached hydrogens (primary N) is 1. The van der Waals surface area contributed by atoms with Gasteiger partial charge in [0.25, 0.3) is 0 Å². The van der Waals surface area contributed by atoms with Gasteiger partial charge in [-0.25, -0.2) is 0 Å². The zero-order chi connectivity index (χ0) is 13.2. The Bertz CT molecular complexity index is 403. The molecule has 0 aromatic heterocycles. The van der Waals surface area contributed by atoms with Crippen LogP contribution in [0.15, 0.2) is 24.3 Å². The number of anilines is 1. The summed E-state index contributed by atoms with van der Waals surface area (Å²) in [4.78, 5) is 2.00. The summed E-state index contributed by atoms with van der Waals surface area (Å²) in [6, 6.07) is 4.37. The molecular formula is C12H15F3N2O. The maximum Gasteiger partial charge on any atom is 0.407 e. The lowest BCUT2D eigenvalue weighted by Gasteiger charge is -2.29. The van der Waals surface area contributed by atoms with Gasteiger partial charge in [-0.3, -0.25) is 0 Å². The molecule has 0 bridgehead atoms. The second kappa shape index (κ2) is 5.16. The van der Waals surface area contributed by atoms with Crippen molar-refractivity contribution >= 4 is 5.69 Å². The maximum atomic E-state index is 12.6. The summed E-state index contributed by atoms with van der Waals surface area (Å²) in [6.07, 6.45) is -4.41. The normalized spacial score (nSPS) is 18.8. The van der Waals surface area contributed by atoms with Gasteiger partial charge >= 0.3 is 6.18 Å². The minimum Gasteiger partial charge on any atom is -0.378 e. The van der Waals surface area contributed by atoms with Gasteiger partial charge in [0.2, 0.25) is 0 Å². The molecule has 1 fully saturated rings. The van der Waals surface area contributed by atoms with Crippen molar-refractivity contribution in [2.45, 2.75) is 12.2 Å². The van der Waals surface area contributed by atoms with Gasteiger partial charge < -0.3 is 15.4 Å². The molecule has 1 heterocycles. The Morgan fingerprint density at radius 2 is 1.89 bits per heavy atom. The smallest absolute Gasteiger partial charge is 0.378 e. The van der Waals surface area contributed by atoms with Gasteiger partial charge in [0.05, 0.1) is 13.2 Å². The highest BCUT2D eigenvalue weighted by molar-refractivity contribution is 5.49. The number of morpholine rings is 1. The Balaban J connectivity index is 2.19. The van der Waals surface area contributed by atoms with Crippen LogP contribution < -0.4 is 10.6 Å². The monoisotopic (exact) mass is 260 g/mol. The molecular weight excluding hydrogens is 245 g/mol. The minimum absolute atomic E-state index is 0.0893. The number of alkyl halides is 3. The lowest BCUT2D eigenvalue weighted by atomic mass is 10.1. The van der Waals surface area contributed by atoms with Crippen molar-refractivity contribution < 1.29 is 17.9 Å². The lowest BCUT2D eigenvalue weighted by molar-refractivity contribution is -0.149. The van der Waals surface area contributed by atoms with Gasteiger partial charge in [0.1, 0.15) is 6.04 Å². The number of hydrogen-bond acceptors (Lipinski definition) is 3. The molecule has 2 N–H and O–H groups in total. The van der Waals surface area contributed by atoms with Crippen molar-refractivity contribution in [1.29, 1.82) is 0 Å². The number of halogens is 3. The first-order valence-corrected chi connectivity index (χ1v) is 5.73. The molecule has 2 rings (SSSR count). The molecule has 1 aromatic rings. The zero-order valence-electron chi connectivity index (χ0n) is 9.78. The van der Waals surface area contributed by atoms with Crippen molar-refractivity contribution in [3.8, 4) is 0 Å². The summed E-state index contributed by atoms with van der Waals surface area (Å²) in [6.45, 7) is 2.56. The SMILES string of the molecule is NC(c1cccc(N2CCOCC2)c1)C(F)(F)F. The van der Waals surface area contributed by atoms with Crippen molar-refractivity contribution in [2.75, 3.05) is 31.2 Å². The molecule has 100 valence electrons. The summed E-state index contributed by atoms with van der Waals surface area (Å²) in [7, 11) is 0. The Morgan fingerprint density at radius 1 is 1.22 bits per heavy atom. The second-order valence-corrected chi connectivity index (χ2v) is 4.21. The third-order valence-corrected chi connectivity index (χ3v) is 2.96. The third kappa shape index (κ3) is 2.94. The maximum absolute atomic E-state index is 12.6. The highest BCUT2D eigenvalue weighted by Gasteiger charge is 2.37. The van der Waals surface area contributed by atoms with E-state index in [9.17, 15) is 13.2 Å². The molecule has 0 amide bonds. The quantitative estimate of drug-likeness (QED) is 0.884. The Morgan fingerprint density at radius 3 is 2.50 bits per heavy atom. The van der Waals surface area contributed by atoms with E-state index in [2.05, 4.69) is 0 Å². The zero-order valence-corrected chi connectivity index (χ0v) is 9.78. The van der Waals surface area contributed by atoms with Crippen LogP contribution in [-0.2, 0) is 4.74 Å². The van der Waals surface area contributed by atoms with Gasteiger partial charge in [0, 0.05) is 18.8 Å². The standard InChI is InChI=1S/C12H15F3N2O/c13-12(14,15)11(16)9-2-1-3-10(8-9)17-4-6-18-7-5-17/h1-3,8,11H,4-7,16H2. The molecule has 1 aliphatic heterocycles. The van der Waals surface area contributed by atoms with Crippen molar-refractivity contribution in [1.82, 2.24) is 0 Å². The molecule has 3 nitrogen and oxygen atoms in total. The Kier molecular flexibility index (Phi) is 3.77. The summed E-state index contributed by atoms with van der Waals surface area (Å²) < 4.78 is 42.9. The van der Waals surface area contributed by atoms with Gasteiger partial charge in [-0.15, -0.1) is 0 Å². The fourth-order valence-corrected chi connectivity index (χ4v) is 1.93. The average Bonchev–Trinajstić information content (AvgIpc) is 2.38. The van der Waals surface area contributed by atoms with E-state index in [0.717, 1.165) is 5.69 Å². The van der Waals surface area contributed by atoms with Crippen LogP contribution in [-0.4, -0.2) is 32.5 Å². The number of rotatable bonds is 2. The summed E-state index contributed by atoms with van der Waals surface area (Å²) in [5.41, 5.74) is 6.05. The molecule has 0 aliphatic carbocycles. The van der Waals surface area contributed by atoms with E-state index >= 15 is 0 Å². The number of benzene rings is 1. The molecule has 0 radical (unpaired) electrons. The predicted molar refractivity (Wildman–Crippen MR) is 62.5 cm³/mol. The van der Waals surface area contributed by atoms with Gasteiger partial charge in [-0.05, 0) is 17.7 Å². The Hall–Kier alpha value is -1.27. The molecule has 18 heavy (non-hydrogen) atoms. The summed E-state index contributed by atoms with van der Waals surface area (Å²) >= 11 is 0. The van der Waals surface area contributed by atoms with Crippen LogP contribution in [0.2, 0.25) is 0 Å². The molecule has 1 saturated heterocycles. The first kappa shape index (κ1) is 13.2. The fourth-order valence-electron chi connectivity index (χ4n) is 1.93. The topological polar surface area (TPSA) is 38.5 Å². The molecule has 6 heteroatoms. The second-order valence-electron chi connectivity index (χ2n) is 4.21. The van der Waals surface area contributed by atoms with Crippen molar-refractivity contribution in [2.24, 2.45) is 5.73 Å². The predicted octanol–water partition coefficient (Wildman–Crippen LogP) is 2.09. The third-order valence-electron chi connectivity index (χ3n) is 2.96. The minimum atomic E-state index is -4.41. The van der Waals surface area contributed by atoms with Crippen LogP contribution >= 0.6 is 0 Å². The number of ether oxygens (including phenoxy) is 1. The highest BCUT2D eigenvalue weighted by atomic mass is 19.4. The molecule has 1 unspecified atom stereocenters. The van der Waals surface area contributed by atoms with Crippen LogP contribution in [0.25, 0.3) is 0 Å². The van der Waals surface area contributed by atoms with Crippen molar-refractivity contribution in [3.05, 3.63) is 29.8 Å². The fraction of sp³-hybridized carbons (Fsp3) is 0.500. The first-order chi connectivity index (χ1) is 8.48. The van der Waals surface area contributed by atoms with Crippen LogP contribution in [0.3, 0.4) is 0 Å². The summed E-state index contributed by atoms with van der Waals surface area (Å²) in [5, 5.41) is 0. The first-order valence-electron chi connectivity index (χ1n) is 5.73. The summed E-state index contributed by atoms with van der Waals surface area (Å²) in [5.74, 6) is 0. The molecule has 1 aliphatic rings. The van der Waals surface area contributed by atoms with E-state index in [-0.39, 0.29) is 5.56 Å². The molecule has 1 atom stereocenters. The van der Waals surface area contributed by atoms with Crippen LogP contribution in [0.5, 0.6) is 0 Å². The van der Waals surface area contributed by atoms with E-state index in [4.69, 9.17) is 10.5 Å². The van der Waals surface area contributed by atoms with E-state index in [0.29, 0.717) is 26.3 Å². The van der Waals surface area contributed by atoms with Crippen LogP contribution in [0, 0.1) is 0 Å². The van der Waals surface area contributed by atoms with Gasteiger partial charge in [0.15, 0.2) is 0 Å². The Labute approximate surface area is 103 Å². The number of nitrogens with zero attached hydrogens (tertiary/aromatic N) is 1. The lowest BCUT2D eigenvalue weighted by Crippen LogP contribution is -2.36. The average molecular weight is 260 g/mol. The number of hydrogen-bond donors (Lipinski definition) is 1. The van der Waals surface area contributed by atoms with E-state index in [1.807, 2.05) is 4.90 Å². The van der Waals surface area contributed by atoms with E-state index in [1.165, 1.54) is 12.1 Å². The van der Waals surface area contributed by atoms with Crippen molar-refractivity contribution in [3.63, 3.8) is 0 Å². The molecule has 0 saturated carbocycles. The van der Waals surface area contributed by atoms with Gasteiger partial charge in [-0.2, -0.15) is 13.2 Å². The van der Waals surface area contributed by atoms with Crippen LogP contribution in [0.4, 0.5) is 18.9 Å². The van der Waals surface area contributed by atoms with E-state index in [1.54, 1.807) is 12.1 Å². The highest BCUT2D eigenvalue weighted by Crippen LogP contribution is 2.32. The molecule has 0 spiro atoms. The van der Waals surface area contributed by atoms with E-state index < -0.39 is 12.2 Å². The largest absolute Gasteiger partial charge is 0.407 e. The van der Waals surface area contributed by atoms with Crippen LogP contribution in [0.1, 0.15) is 11.6 Å².